The third-order valence-electron chi connectivity index (χ3n) is 3.14. The van der Waals surface area contributed by atoms with Crippen molar-refractivity contribution in [3.05, 3.63) is 65.7 Å². The fourth-order valence-electron chi connectivity index (χ4n) is 2.09. The summed E-state index contributed by atoms with van der Waals surface area (Å²) in [5.41, 5.74) is 2.01. The lowest BCUT2D eigenvalue weighted by molar-refractivity contribution is -0.138. The Kier molecular flexibility index (Phi) is 4.02. The number of carbonyl (C=O) groups is 1. The maximum absolute atomic E-state index is 11.5. The van der Waals surface area contributed by atoms with Crippen LogP contribution in [-0.2, 0) is 4.79 Å². The Morgan fingerprint density at radius 2 is 1.75 bits per heavy atom. The minimum atomic E-state index is -0.914. The predicted molar refractivity (Wildman–Crippen MR) is 76.4 cm³/mol. The van der Waals surface area contributed by atoms with Gasteiger partial charge in [0.05, 0.1) is 11.6 Å². The van der Waals surface area contributed by atoms with Gasteiger partial charge in [-0.3, -0.25) is 0 Å². The van der Waals surface area contributed by atoms with Crippen molar-refractivity contribution in [3.63, 3.8) is 0 Å². The number of hydrogen-bond donors (Lipinski definition) is 1. The Hall–Kier alpha value is -2.80. The third-order valence-corrected chi connectivity index (χ3v) is 3.14. The van der Waals surface area contributed by atoms with Gasteiger partial charge in [0, 0.05) is 12.7 Å². The lowest BCUT2D eigenvalue weighted by Crippen LogP contribution is -2.30. The minimum absolute atomic E-state index is 0.550. The van der Waals surface area contributed by atoms with Crippen molar-refractivity contribution >= 4 is 11.7 Å². The Morgan fingerprint density at radius 1 is 1.15 bits per heavy atom. The maximum Gasteiger partial charge on any atom is 0.331 e. The van der Waals surface area contributed by atoms with Gasteiger partial charge < -0.3 is 10.0 Å². The number of likely N-dealkylation sites (N-methyl/N-ethyl adjacent to an activating group) is 1. The lowest BCUT2D eigenvalue weighted by Gasteiger charge is -2.27. The predicted octanol–water partition coefficient (Wildman–Crippen LogP) is 2.82. The summed E-state index contributed by atoms with van der Waals surface area (Å²) < 4.78 is 0. The van der Waals surface area contributed by atoms with E-state index in [4.69, 9.17) is 5.26 Å². The van der Waals surface area contributed by atoms with E-state index in [2.05, 4.69) is 0 Å². The van der Waals surface area contributed by atoms with Gasteiger partial charge >= 0.3 is 5.97 Å². The molecular weight excluding hydrogens is 252 g/mol. The van der Waals surface area contributed by atoms with E-state index in [9.17, 15) is 9.90 Å². The maximum atomic E-state index is 11.5. The molecule has 20 heavy (non-hydrogen) atoms. The molecule has 4 nitrogen and oxygen atoms in total. The second-order valence-electron chi connectivity index (χ2n) is 4.42. The van der Waals surface area contributed by atoms with Crippen LogP contribution in [0.25, 0.3) is 0 Å². The Balaban J connectivity index is 2.34. The fraction of sp³-hybridized carbons (Fsp3) is 0.125. The van der Waals surface area contributed by atoms with Crippen LogP contribution < -0.4 is 4.90 Å². The third kappa shape index (κ3) is 2.78. The van der Waals surface area contributed by atoms with Crippen LogP contribution in [0.2, 0.25) is 0 Å². The molecule has 2 rings (SSSR count). The summed E-state index contributed by atoms with van der Waals surface area (Å²) >= 11 is 0. The van der Waals surface area contributed by atoms with E-state index in [-0.39, 0.29) is 0 Å². The zero-order valence-electron chi connectivity index (χ0n) is 11.0. The molecule has 1 N–H and O–H groups in total. The van der Waals surface area contributed by atoms with Crippen molar-refractivity contribution in [1.29, 1.82) is 5.26 Å². The van der Waals surface area contributed by atoms with E-state index in [1.807, 2.05) is 24.3 Å². The zero-order valence-corrected chi connectivity index (χ0v) is 11.0. The Labute approximate surface area is 117 Å². The molecule has 0 amide bonds. The summed E-state index contributed by atoms with van der Waals surface area (Å²) in [6, 6.07) is 17.2. The molecule has 0 spiro atoms. The van der Waals surface area contributed by atoms with Crippen molar-refractivity contribution in [2.45, 2.75) is 6.04 Å². The lowest BCUT2D eigenvalue weighted by atomic mass is 10.0. The number of benzene rings is 2. The van der Waals surface area contributed by atoms with Crippen LogP contribution in [0.15, 0.2) is 54.6 Å². The van der Waals surface area contributed by atoms with Crippen LogP contribution in [0.4, 0.5) is 5.69 Å². The first-order valence-electron chi connectivity index (χ1n) is 6.14. The van der Waals surface area contributed by atoms with Crippen molar-refractivity contribution < 1.29 is 9.90 Å². The average molecular weight is 266 g/mol. The summed E-state index contributed by atoms with van der Waals surface area (Å²) in [7, 11) is 1.73. The Morgan fingerprint density at radius 3 is 2.25 bits per heavy atom. The number of carboxylic acid groups (broad SMARTS) is 1. The number of nitrogens with zero attached hydrogens (tertiary/aromatic N) is 2. The Bertz CT molecular complexity index is 630. The van der Waals surface area contributed by atoms with Crippen LogP contribution in [0, 0.1) is 11.3 Å². The first-order valence-corrected chi connectivity index (χ1v) is 6.14. The molecule has 100 valence electrons. The number of anilines is 1. The summed E-state index contributed by atoms with van der Waals surface area (Å²) in [6.45, 7) is 0. The molecule has 0 heterocycles. The molecule has 0 aliphatic heterocycles. The quantitative estimate of drug-likeness (QED) is 0.924. The van der Waals surface area contributed by atoms with Gasteiger partial charge in [-0.1, -0.05) is 30.3 Å². The SMILES string of the molecule is CN(c1ccc(C#N)cc1)C(C(=O)O)c1ccccc1. The van der Waals surface area contributed by atoms with Gasteiger partial charge in [-0.15, -0.1) is 0 Å². The van der Waals surface area contributed by atoms with Gasteiger partial charge in [-0.25, -0.2) is 4.79 Å². The van der Waals surface area contributed by atoms with Gasteiger partial charge in [-0.2, -0.15) is 5.26 Å². The van der Waals surface area contributed by atoms with Gasteiger partial charge in [0.25, 0.3) is 0 Å². The van der Waals surface area contributed by atoms with Gasteiger partial charge in [-0.05, 0) is 29.8 Å². The van der Waals surface area contributed by atoms with E-state index in [0.29, 0.717) is 11.1 Å². The topological polar surface area (TPSA) is 64.3 Å². The molecule has 0 aliphatic carbocycles. The first kappa shape index (κ1) is 13.6. The highest BCUT2D eigenvalue weighted by Gasteiger charge is 2.24. The smallest absolute Gasteiger partial charge is 0.331 e. The van der Waals surface area contributed by atoms with Gasteiger partial charge in [0.1, 0.15) is 0 Å². The first-order chi connectivity index (χ1) is 9.63. The van der Waals surface area contributed by atoms with Crippen LogP contribution in [-0.4, -0.2) is 18.1 Å². The number of rotatable bonds is 4. The second-order valence-corrected chi connectivity index (χ2v) is 4.42. The molecule has 1 unspecified atom stereocenters. The summed E-state index contributed by atoms with van der Waals surface area (Å²) in [5.74, 6) is -0.914. The van der Waals surface area contributed by atoms with E-state index >= 15 is 0 Å². The van der Waals surface area contributed by atoms with E-state index in [1.54, 1.807) is 48.3 Å². The van der Waals surface area contributed by atoms with Crippen LogP contribution in [0.5, 0.6) is 0 Å². The van der Waals surface area contributed by atoms with E-state index < -0.39 is 12.0 Å². The van der Waals surface area contributed by atoms with Crippen molar-refractivity contribution in [1.82, 2.24) is 0 Å². The fourth-order valence-corrected chi connectivity index (χ4v) is 2.09. The molecule has 0 aromatic heterocycles. The van der Waals surface area contributed by atoms with E-state index in [0.717, 1.165) is 5.69 Å². The molecule has 0 saturated carbocycles. The van der Waals surface area contributed by atoms with Gasteiger partial charge in [0.15, 0.2) is 6.04 Å². The molecule has 1 atom stereocenters. The molecule has 0 radical (unpaired) electrons. The van der Waals surface area contributed by atoms with Crippen molar-refractivity contribution in [2.75, 3.05) is 11.9 Å². The van der Waals surface area contributed by atoms with Gasteiger partial charge in [0.2, 0.25) is 0 Å². The van der Waals surface area contributed by atoms with Crippen LogP contribution in [0.3, 0.4) is 0 Å². The largest absolute Gasteiger partial charge is 0.479 e. The molecule has 2 aromatic rings. The minimum Gasteiger partial charge on any atom is -0.479 e. The highest BCUT2D eigenvalue weighted by atomic mass is 16.4. The molecule has 0 aliphatic rings. The molecular formula is C16H14N2O2. The molecule has 0 saturated heterocycles. The number of aliphatic carboxylic acids is 1. The molecule has 0 fully saturated rings. The second kappa shape index (κ2) is 5.89. The highest BCUT2D eigenvalue weighted by molar-refractivity contribution is 5.80. The number of carboxylic acids is 1. The molecule has 2 aromatic carbocycles. The highest BCUT2D eigenvalue weighted by Crippen LogP contribution is 2.26. The monoisotopic (exact) mass is 266 g/mol. The molecule has 4 heteroatoms. The summed E-state index contributed by atoms with van der Waals surface area (Å²) in [6.07, 6.45) is 0. The normalized spacial score (nSPS) is 11.4. The summed E-state index contributed by atoms with van der Waals surface area (Å²) in [5, 5.41) is 18.2. The average Bonchev–Trinajstić information content (AvgIpc) is 2.48. The summed E-state index contributed by atoms with van der Waals surface area (Å²) in [4.78, 5) is 13.2. The zero-order chi connectivity index (χ0) is 14.5. The van der Waals surface area contributed by atoms with Crippen LogP contribution >= 0.6 is 0 Å². The van der Waals surface area contributed by atoms with Crippen molar-refractivity contribution in [3.8, 4) is 6.07 Å². The molecule has 0 bridgehead atoms. The number of hydrogen-bond acceptors (Lipinski definition) is 3. The van der Waals surface area contributed by atoms with E-state index in [1.165, 1.54) is 0 Å². The van der Waals surface area contributed by atoms with Crippen LogP contribution in [0.1, 0.15) is 17.2 Å². The number of nitriles is 1. The van der Waals surface area contributed by atoms with Crippen molar-refractivity contribution in [2.24, 2.45) is 0 Å². The standard InChI is InChI=1S/C16H14N2O2/c1-18(14-9-7-12(11-17)8-10-14)15(16(19)20)13-5-3-2-4-6-13/h2-10,15H,1H3,(H,19,20).